The largest absolute Gasteiger partial charge is 0.497 e. The highest BCUT2D eigenvalue weighted by Gasteiger charge is 2.27. The summed E-state index contributed by atoms with van der Waals surface area (Å²) < 4.78 is 16.6. The maximum Gasteiger partial charge on any atom is 0.221 e. The van der Waals surface area contributed by atoms with E-state index >= 15 is 0 Å². The van der Waals surface area contributed by atoms with Crippen molar-refractivity contribution < 1.29 is 19.0 Å². The van der Waals surface area contributed by atoms with Crippen molar-refractivity contribution in [2.75, 3.05) is 39.3 Å². The van der Waals surface area contributed by atoms with E-state index in [9.17, 15) is 4.79 Å². The Hall–Kier alpha value is -5.05. The Balaban J connectivity index is 1.48. The minimum Gasteiger partial charge on any atom is -0.497 e. The summed E-state index contributed by atoms with van der Waals surface area (Å²) >= 11 is 0. The van der Waals surface area contributed by atoms with Gasteiger partial charge in [0.05, 0.1) is 32.9 Å². The van der Waals surface area contributed by atoms with Crippen molar-refractivity contribution in [3.8, 4) is 17.2 Å². The molecule has 1 unspecified atom stereocenters. The molecule has 0 saturated heterocycles. The first-order chi connectivity index (χ1) is 19.9. The van der Waals surface area contributed by atoms with Crippen LogP contribution in [0.4, 0.5) is 11.8 Å². The van der Waals surface area contributed by atoms with Crippen LogP contribution in [0.1, 0.15) is 44.2 Å². The molecule has 4 N–H and O–H groups in total. The van der Waals surface area contributed by atoms with Gasteiger partial charge < -0.3 is 30.6 Å². The maximum atomic E-state index is 13.7. The summed E-state index contributed by atoms with van der Waals surface area (Å²) in [5.41, 5.74) is 17.2. The van der Waals surface area contributed by atoms with Crippen molar-refractivity contribution in [3.63, 3.8) is 0 Å². The molecule has 1 aliphatic heterocycles. The molecule has 0 fully saturated rings. The first kappa shape index (κ1) is 27.5. The number of carbonyl (C=O) groups is 1. The molecule has 4 aromatic rings. The van der Waals surface area contributed by atoms with Crippen LogP contribution < -0.4 is 25.7 Å². The van der Waals surface area contributed by atoms with Gasteiger partial charge in [0.1, 0.15) is 11.6 Å². The number of ether oxygens (including phenoxy) is 3. The molecule has 41 heavy (non-hydrogen) atoms. The van der Waals surface area contributed by atoms with Crippen molar-refractivity contribution in [2.45, 2.75) is 18.9 Å². The molecule has 9 nitrogen and oxygen atoms in total. The van der Waals surface area contributed by atoms with Crippen molar-refractivity contribution in [2.24, 2.45) is 0 Å². The molecule has 0 spiro atoms. The van der Waals surface area contributed by atoms with Crippen LogP contribution in [0.15, 0.2) is 79.1 Å². The van der Waals surface area contributed by atoms with Gasteiger partial charge in [0.15, 0.2) is 17.3 Å². The topological polar surface area (TPSA) is 126 Å². The first-order valence-electron chi connectivity index (χ1n) is 13.2. The van der Waals surface area contributed by atoms with Gasteiger partial charge in [-0.15, -0.1) is 0 Å². The van der Waals surface area contributed by atoms with Gasteiger partial charge in [-0.3, -0.25) is 4.79 Å². The number of fused-ring (bicyclic) bond motifs is 1. The molecule has 0 bridgehead atoms. The summed E-state index contributed by atoms with van der Waals surface area (Å²) in [5, 5.41) is 0. The number of ketones is 1. The van der Waals surface area contributed by atoms with Crippen molar-refractivity contribution >= 4 is 17.5 Å². The van der Waals surface area contributed by atoms with Crippen LogP contribution in [0.5, 0.6) is 17.2 Å². The number of nitrogens with zero attached hydrogens (tertiary/aromatic N) is 3. The first-order valence-corrected chi connectivity index (χ1v) is 13.2. The number of hydrogen-bond donors (Lipinski definition) is 2. The van der Waals surface area contributed by atoms with Crippen LogP contribution >= 0.6 is 0 Å². The number of hydrogen-bond acceptors (Lipinski definition) is 9. The molecule has 0 saturated carbocycles. The van der Waals surface area contributed by atoms with Crippen LogP contribution in [0.25, 0.3) is 0 Å². The zero-order valence-electron chi connectivity index (χ0n) is 23.3. The fourth-order valence-corrected chi connectivity index (χ4v) is 5.25. The Morgan fingerprint density at radius 1 is 1.02 bits per heavy atom. The van der Waals surface area contributed by atoms with Crippen LogP contribution in [0.2, 0.25) is 0 Å². The van der Waals surface area contributed by atoms with Gasteiger partial charge in [0, 0.05) is 37.0 Å². The zero-order chi connectivity index (χ0) is 28.9. The van der Waals surface area contributed by atoms with Gasteiger partial charge >= 0.3 is 0 Å². The Kier molecular flexibility index (Phi) is 8.05. The zero-order valence-corrected chi connectivity index (χ0v) is 23.3. The van der Waals surface area contributed by atoms with E-state index in [1.165, 1.54) is 25.3 Å². The summed E-state index contributed by atoms with van der Waals surface area (Å²) in [6.45, 7) is 0.758. The third-order valence-electron chi connectivity index (χ3n) is 7.28. The molecular formula is C32H33N5O4. The standard InChI is InChI=1S/C32H33N5O4/c1-39-24-10-8-22(9-11-24)29-25-7-5-4-6-21(25)12-14-37(29)15-13-27(38)26-17-20(18-28(40-2)30(26)41-3)16-23-19-35-32(34)36-31(23)33/h4-11,13,15,17-19,29H,12,14,16H2,1-3H3,(H4,33,34,35,36)/b15-13+. The number of anilines is 2. The second-order valence-corrected chi connectivity index (χ2v) is 9.74. The number of aromatic nitrogens is 2. The van der Waals surface area contributed by atoms with Gasteiger partial charge in [-0.2, -0.15) is 4.98 Å². The van der Waals surface area contributed by atoms with E-state index in [0.717, 1.165) is 29.8 Å². The average molecular weight is 552 g/mol. The minimum atomic E-state index is -0.212. The molecule has 9 heteroatoms. The van der Waals surface area contributed by atoms with Gasteiger partial charge in [-0.05, 0) is 52.9 Å². The van der Waals surface area contributed by atoms with E-state index in [1.807, 2.05) is 24.4 Å². The second-order valence-electron chi connectivity index (χ2n) is 9.74. The Bertz CT molecular complexity index is 1590. The highest BCUT2D eigenvalue weighted by molar-refractivity contribution is 6.07. The fraction of sp³-hybridized carbons (Fsp3) is 0.219. The van der Waals surface area contributed by atoms with E-state index in [4.69, 9.17) is 25.7 Å². The molecule has 1 aromatic heterocycles. The van der Waals surface area contributed by atoms with E-state index < -0.39 is 0 Å². The molecule has 1 aliphatic rings. The summed E-state index contributed by atoms with van der Waals surface area (Å²) in [7, 11) is 4.71. The maximum absolute atomic E-state index is 13.7. The third-order valence-corrected chi connectivity index (χ3v) is 7.28. The van der Waals surface area contributed by atoms with Crippen LogP contribution in [0, 0.1) is 0 Å². The van der Waals surface area contributed by atoms with Gasteiger partial charge in [-0.25, -0.2) is 4.98 Å². The average Bonchev–Trinajstić information content (AvgIpc) is 3.00. The second kappa shape index (κ2) is 12.0. The molecule has 210 valence electrons. The number of allylic oxidation sites excluding steroid dienone is 1. The normalized spacial score (nSPS) is 14.5. The third kappa shape index (κ3) is 5.79. The van der Waals surface area contributed by atoms with Gasteiger partial charge in [0.2, 0.25) is 5.95 Å². The lowest BCUT2D eigenvalue weighted by atomic mass is 9.88. The monoisotopic (exact) mass is 551 g/mol. The Morgan fingerprint density at radius 2 is 1.80 bits per heavy atom. The summed E-state index contributed by atoms with van der Waals surface area (Å²) in [5.74, 6) is 1.78. The lowest BCUT2D eigenvalue weighted by molar-refractivity contribution is 0.104. The van der Waals surface area contributed by atoms with Gasteiger partial charge in [-0.1, -0.05) is 36.4 Å². The fourth-order valence-electron chi connectivity index (χ4n) is 5.25. The lowest BCUT2D eigenvalue weighted by Gasteiger charge is -2.37. The van der Waals surface area contributed by atoms with E-state index in [2.05, 4.69) is 51.3 Å². The predicted molar refractivity (Wildman–Crippen MR) is 158 cm³/mol. The number of benzene rings is 3. The van der Waals surface area contributed by atoms with Crippen LogP contribution in [0.3, 0.4) is 0 Å². The van der Waals surface area contributed by atoms with Crippen molar-refractivity contribution in [1.29, 1.82) is 0 Å². The summed E-state index contributed by atoms with van der Waals surface area (Å²) in [6, 6.07) is 20.0. The highest BCUT2D eigenvalue weighted by atomic mass is 16.5. The number of nitrogens with two attached hydrogens (primary N) is 2. The molecule has 5 rings (SSSR count). The Labute approximate surface area is 239 Å². The van der Waals surface area contributed by atoms with Gasteiger partial charge in [0.25, 0.3) is 0 Å². The minimum absolute atomic E-state index is 0.0498. The molecule has 3 aromatic carbocycles. The molecule has 0 aliphatic carbocycles. The number of methoxy groups -OCH3 is 3. The summed E-state index contributed by atoms with van der Waals surface area (Å²) in [4.78, 5) is 24.0. The highest BCUT2D eigenvalue weighted by Crippen LogP contribution is 2.37. The quantitative estimate of drug-likeness (QED) is 0.227. The molecule has 0 amide bonds. The SMILES string of the molecule is COc1ccc(C2c3ccccc3CCN2/C=C/C(=O)c2cc(Cc3cnc(N)nc3N)cc(OC)c2OC)cc1. The molecule has 1 atom stereocenters. The molecule has 2 heterocycles. The van der Waals surface area contributed by atoms with Crippen LogP contribution in [-0.4, -0.2) is 48.5 Å². The number of nitrogen functional groups attached to an aromatic ring is 2. The smallest absolute Gasteiger partial charge is 0.221 e. The van der Waals surface area contributed by atoms with E-state index in [-0.39, 0.29) is 23.6 Å². The molecule has 0 radical (unpaired) electrons. The van der Waals surface area contributed by atoms with E-state index in [0.29, 0.717) is 29.0 Å². The predicted octanol–water partition coefficient (Wildman–Crippen LogP) is 4.60. The molecular weight excluding hydrogens is 518 g/mol. The number of rotatable bonds is 9. The van der Waals surface area contributed by atoms with E-state index in [1.54, 1.807) is 25.4 Å². The summed E-state index contributed by atoms with van der Waals surface area (Å²) in [6.07, 6.45) is 6.31. The lowest BCUT2D eigenvalue weighted by Crippen LogP contribution is -2.32. The van der Waals surface area contributed by atoms with Crippen molar-refractivity contribution in [1.82, 2.24) is 14.9 Å². The number of carbonyl (C=O) groups excluding carboxylic acids is 1. The Morgan fingerprint density at radius 3 is 2.51 bits per heavy atom. The van der Waals surface area contributed by atoms with Crippen molar-refractivity contribution in [3.05, 3.63) is 113 Å². The van der Waals surface area contributed by atoms with Crippen LogP contribution in [-0.2, 0) is 12.8 Å².